The molecular formula is C6H9NO2S. The summed E-state index contributed by atoms with van der Waals surface area (Å²) < 4.78 is 0. The fourth-order valence-corrected chi connectivity index (χ4v) is 1.14. The van der Waals surface area contributed by atoms with Gasteiger partial charge in [0.2, 0.25) is 0 Å². The summed E-state index contributed by atoms with van der Waals surface area (Å²) in [5.74, 6) is -0.895. The third-order valence-corrected chi connectivity index (χ3v) is 1.85. The van der Waals surface area contributed by atoms with E-state index in [9.17, 15) is 4.79 Å². The fourth-order valence-electron chi connectivity index (χ4n) is 0.559. The van der Waals surface area contributed by atoms with Gasteiger partial charge in [0.15, 0.2) is 0 Å². The van der Waals surface area contributed by atoms with Crippen molar-refractivity contribution >= 4 is 17.7 Å². The topological polar surface area (TPSA) is 61.1 Å². The molecule has 0 aromatic rings. The molecule has 0 heterocycles. The number of nitrogens with zero attached hydrogens (tertiary/aromatic N) is 1. The number of nitriles is 1. The van der Waals surface area contributed by atoms with Crippen molar-refractivity contribution in [3.05, 3.63) is 0 Å². The Balaban J connectivity index is 3.75. The van der Waals surface area contributed by atoms with Crippen LogP contribution in [0.5, 0.6) is 0 Å². The Morgan fingerprint density at radius 2 is 2.50 bits per heavy atom. The van der Waals surface area contributed by atoms with Crippen molar-refractivity contribution in [2.45, 2.75) is 25.0 Å². The lowest BCUT2D eigenvalue weighted by molar-refractivity contribution is -0.136. The highest BCUT2D eigenvalue weighted by molar-refractivity contribution is 8.04. The van der Waals surface area contributed by atoms with Gasteiger partial charge in [-0.2, -0.15) is 5.26 Å². The smallest absolute Gasteiger partial charge is 0.317 e. The molecule has 0 aromatic heterocycles. The summed E-state index contributed by atoms with van der Waals surface area (Å²) in [5.41, 5.74) is 0. The molecule has 0 saturated carbocycles. The first-order chi connectivity index (χ1) is 4.72. The molecule has 0 aliphatic carbocycles. The van der Waals surface area contributed by atoms with Gasteiger partial charge < -0.3 is 5.11 Å². The third kappa shape index (κ3) is 3.36. The van der Waals surface area contributed by atoms with Crippen LogP contribution in [0.2, 0.25) is 0 Å². The first-order valence-corrected chi connectivity index (χ1v) is 3.87. The molecule has 0 fully saturated rings. The van der Waals surface area contributed by atoms with E-state index in [4.69, 9.17) is 10.4 Å². The first-order valence-electron chi connectivity index (χ1n) is 3.00. The van der Waals surface area contributed by atoms with Crippen molar-refractivity contribution in [2.75, 3.05) is 0 Å². The highest BCUT2D eigenvalue weighted by atomic mass is 32.2. The number of hydrogen-bond donors (Lipinski definition) is 1. The zero-order valence-corrected chi connectivity index (χ0v) is 6.52. The van der Waals surface area contributed by atoms with Crippen LogP contribution >= 0.6 is 11.8 Å². The molecule has 1 atom stereocenters. The molecular weight excluding hydrogens is 150 g/mol. The number of thioether (sulfide) groups is 1. The Bertz CT molecular complexity index is 152. The van der Waals surface area contributed by atoms with Gasteiger partial charge in [-0.25, -0.2) is 0 Å². The molecule has 4 heteroatoms. The van der Waals surface area contributed by atoms with E-state index in [1.165, 1.54) is 0 Å². The second-order valence-corrected chi connectivity index (χ2v) is 2.81. The molecule has 3 nitrogen and oxygen atoms in total. The second kappa shape index (κ2) is 5.12. The van der Waals surface area contributed by atoms with Gasteiger partial charge in [-0.3, -0.25) is 4.79 Å². The Morgan fingerprint density at radius 3 is 2.80 bits per heavy atom. The van der Waals surface area contributed by atoms with Crippen molar-refractivity contribution in [2.24, 2.45) is 0 Å². The summed E-state index contributed by atoms with van der Waals surface area (Å²) in [5, 5.41) is 17.8. The predicted molar refractivity (Wildman–Crippen MR) is 39.5 cm³/mol. The van der Waals surface area contributed by atoms with Crippen LogP contribution in [0.4, 0.5) is 0 Å². The zero-order chi connectivity index (χ0) is 7.98. The van der Waals surface area contributed by atoms with Crippen LogP contribution in [-0.2, 0) is 4.79 Å². The van der Waals surface area contributed by atoms with Crippen LogP contribution in [0.15, 0.2) is 0 Å². The van der Waals surface area contributed by atoms with Gasteiger partial charge in [0, 0.05) is 0 Å². The fraction of sp³-hybridized carbons (Fsp3) is 0.667. The van der Waals surface area contributed by atoms with Gasteiger partial charge >= 0.3 is 5.97 Å². The van der Waals surface area contributed by atoms with E-state index >= 15 is 0 Å². The molecule has 0 rings (SSSR count). The van der Waals surface area contributed by atoms with E-state index in [0.29, 0.717) is 6.42 Å². The maximum absolute atomic E-state index is 10.3. The van der Waals surface area contributed by atoms with Gasteiger partial charge in [-0.15, -0.1) is 0 Å². The minimum atomic E-state index is -0.895. The summed E-state index contributed by atoms with van der Waals surface area (Å²) in [6.07, 6.45) is 1.36. The van der Waals surface area contributed by atoms with E-state index in [2.05, 4.69) is 0 Å². The highest BCUT2D eigenvalue weighted by Crippen LogP contribution is 2.14. The van der Waals surface area contributed by atoms with Gasteiger partial charge in [-0.1, -0.05) is 13.3 Å². The SMILES string of the molecule is CCCC(SC#N)C(=O)O. The largest absolute Gasteiger partial charge is 0.480 e. The Kier molecular flexibility index (Phi) is 4.77. The summed E-state index contributed by atoms with van der Waals surface area (Å²) in [6, 6.07) is 0. The van der Waals surface area contributed by atoms with Crippen LogP contribution < -0.4 is 0 Å². The molecule has 0 amide bonds. The molecule has 1 unspecified atom stereocenters. The molecule has 0 aromatic carbocycles. The van der Waals surface area contributed by atoms with E-state index in [0.717, 1.165) is 18.2 Å². The van der Waals surface area contributed by atoms with E-state index < -0.39 is 11.2 Å². The predicted octanol–water partition coefficient (Wildman–Crippen LogP) is 1.45. The van der Waals surface area contributed by atoms with Gasteiger partial charge in [0.05, 0.1) is 0 Å². The van der Waals surface area contributed by atoms with Crippen LogP contribution in [0, 0.1) is 10.7 Å². The average molecular weight is 159 g/mol. The maximum atomic E-state index is 10.3. The number of carboxylic acids is 1. The standard InChI is InChI=1S/C6H9NO2S/c1-2-3-5(6(8)9)10-4-7/h5H,2-3H2,1H3,(H,8,9). The van der Waals surface area contributed by atoms with Crippen molar-refractivity contribution in [3.63, 3.8) is 0 Å². The van der Waals surface area contributed by atoms with Crippen LogP contribution in [-0.4, -0.2) is 16.3 Å². The zero-order valence-electron chi connectivity index (χ0n) is 5.70. The van der Waals surface area contributed by atoms with Gasteiger partial charge in [-0.05, 0) is 18.2 Å². The maximum Gasteiger partial charge on any atom is 0.317 e. The van der Waals surface area contributed by atoms with Crippen molar-refractivity contribution in [3.8, 4) is 5.40 Å². The summed E-state index contributed by atoms with van der Waals surface area (Å²) >= 11 is 0.815. The van der Waals surface area contributed by atoms with E-state index in [1.54, 1.807) is 5.40 Å². The summed E-state index contributed by atoms with van der Waals surface area (Å²) in [4.78, 5) is 10.3. The summed E-state index contributed by atoms with van der Waals surface area (Å²) in [6.45, 7) is 1.90. The average Bonchev–Trinajstić information content (AvgIpc) is 1.87. The minimum absolute atomic E-state index is 0.546. The Hall–Kier alpha value is -0.690. The van der Waals surface area contributed by atoms with Crippen molar-refractivity contribution in [1.82, 2.24) is 0 Å². The van der Waals surface area contributed by atoms with E-state index in [-0.39, 0.29) is 0 Å². The minimum Gasteiger partial charge on any atom is -0.480 e. The van der Waals surface area contributed by atoms with Crippen molar-refractivity contribution in [1.29, 1.82) is 5.26 Å². The number of aliphatic carboxylic acids is 1. The number of thiocyanates is 1. The summed E-state index contributed by atoms with van der Waals surface area (Å²) in [7, 11) is 0. The van der Waals surface area contributed by atoms with E-state index in [1.807, 2.05) is 6.92 Å². The van der Waals surface area contributed by atoms with Gasteiger partial charge in [0.25, 0.3) is 0 Å². The molecule has 0 saturated heterocycles. The van der Waals surface area contributed by atoms with Crippen molar-refractivity contribution < 1.29 is 9.90 Å². The Labute approximate surface area is 64.0 Å². The monoisotopic (exact) mass is 159 g/mol. The normalized spacial score (nSPS) is 12.0. The molecule has 56 valence electrons. The highest BCUT2D eigenvalue weighted by Gasteiger charge is 2.15. The lowest BCUT2D eigenvalue weighted by Crippen LogP contribution is -2.14. The molecule has 0 bridgehead atoms. The number of carboxylic acid groups (broad SMARTS) is 1. The van der Waals surface area contributed by atoms with Crippen LogP contribution in [0.1, 0.15) is 19.8 Å². The quantitative estimate of drug-likeness (QED) is 0.631. The number of carbonyl (C=O) groups is 1. The lowest BCUT2D eigenvalue weighted by Gasteiger charge is -2.02. The Morgan fingerprint density at radius 1 is 1.90 bits per heavy atom. The molecule has 1 N–H and O–H groups in total. The molecule has 0 spiro atoms. The second-order valence-electron chi connectivity index (χ2n) is 1.82. The lowest BCUT2D eigenvalue weighted by atomic mass is 10.2. The molecule has 0 radical (unpaired) electrons. The van der Waals surface area contributed by atoms with Crippen LogP contribution in [0.3, 0.4) is 0 Å². The van der Waals surface area contributed by atoms with Gasteiger partial charge in [0.1, 0.15) is 10.7 Å². The molecule has 10 heavy (non-hydrogen) atoms. The molecule has 0 aliphatic heterocycles. The van der Waals surface area contributed by atoms with Crippen LogP contribution in [0.25, 0.3) is 0 Å². The molecule has 0 aliphatic rings. The third-order valence-electron chi connectivity index (χ3n) is 1.02. The number of hydrogen-bond acceptors (Lipinski definition) is 3. The first kappa shape index (κ1) is 9.31. The number of rotatable bonds is 4.